The van der Waals surface area contributed by atoms with Crippen LogP contribution < -0.4 is 20.1 Å². The first kappa shape index (κ1) is 24.3. The molecular weight excluding hydrogens is 476 g/mol. The highest BCUT2D eigenvalue weighted by Crippen LogP contribution is 2.14. The smallest absolute Gasteiger partial charge is 0.273 e. The van der Waals surface area contributed by atoms with Crippen LogP contribution >= 0.6 is 11.3 Å². The van der Waals surface area contributed by atoms with Gasteiger partial charge in [0.1, 0.15) is 10.7 Å². The molecule has 1 atom stereocenters. The van der Waals surface area contributed by atoms with Gasteiger partial charge in [0.05, 0.1) is 21.2 Å². The lowest BCUT2D eigenvalue weighted by Crippen LogP contribution is -2.34. The third-order valence-corrected chi connectivity index (χ3v) is 6.51. The number of benzene rings is 3. The van der Waals surface area contributed by atoms with E-state index in [1.807, 2.05) is 43.3 Å². The number of nitrogens with one attached hydrogen (secondary N) is 1. The first-order chi connectivity index (χ1) is 17.4. The fourth-order valence-electron chi connectivity index (χ4n) is 3.63. The lowest BCUT2D eigenvalue weighted by molar-refractivity contribution is -0.384. The minimum Gasteiger partial charge on any atom is -0.345 e. The average Bonchev–Trinajstić information content (AvgIpc) is 3.20. The number of carbonyl (C=O) groups is 1. The van der Waals surface area contributed by atoms with Crippen LogP contribution in [0.4, 0.5) is 5.69 Å². The van der Waals surface area contributed by atoms with Crippen LogP contribution in [0.3, 0.4) is 0 Å². The van der Waals surface area contributed by atoms with Crippen LogP contribution in [0.1, 0.15) is 24.1 Å². The van der Waals surface area contributed by atoms with Crippen LogP contribution in [0.15, 0.2) is 89.7 Å². The monoisotopic (exact) mass is 496 g/mol. The molecule has 0 unspecified atom stereocenters. The zero-order chi connectivity index (χ0) is 25.7. The molecule has 0 aliphatic carbocycles. The molecule has 0 spiro atoms. The maximum absolute atomic E-state index is 13.5. The number of thiazole rings is 1. The Morgan fingerprint density at radius 3 is 2.39 bits per heavy atom. The van der Waals surface area contributed by atoms with E-state index in [0.717, 1.165) is 16.9 Å². The van der Waals surface area contributed by atoms with Gasteiger partial charge in [0.25, 0.3) is 17.2 Å². The van der Waals surface area contributed by atoms with Gasteiger partial charge in [0, 0.05) is 12.1 Å². The van der Waals surface area contributed by atoms with Crippen LogP contribution in [-0.2, 0) is 4.79 Å². The molecule has 3 aromatic carbocycles. The average molecular weight is 497 g/mol. The van der Waals surface area contributed by atoms with Gasteiger partial charge in [0.15, 0.2) is 5.57 Å². The number of carbonyl (C=O) groups excluding carboxylic acids is 1. The van der Waals surface area contributed by atoms with Crippen molar-refractivity contribution in [3.8, 4) is 11.8 Å². The quantitative estimate of drug-likeness (QED) is 0.325. The molecule has 178 valence electrons. The molecule has 0 aliphatic rings. The summed E-state index contributed by atoms with van der Waals surface area (Å²) in [6.45, 7) is 1.81. The molecule has 4 rings (SSSR count). The number of non-ortho nitro benzene ring substituents is 1. The van der Waals surface area contributed by atoms with Crippen molar-refractivity contribution < 1.29 is 9.72 Å². The predicted octanol–water partition coefficient (Wildman–Crippen LogP) is 3.19. The van der Waals surface area contributed by atoms with Gasteiger partial charge in [-0.15, -0.1) is 11.3 Å². The van der Waals surface area contributed by atoms with E-state index in [2.05, 4.69) is 5.32 Å². The minimum atomic E-state index is -0.610. The summed E-state index contributed by atoms with van der Waals surface area (Å²) in [7, 11) is 0. The van der Waals surface area contributed by atoms with Crippen molar-refractivity contribution in [2.24, 2.45) is 0 Å². The third-order valence-electron chi connectivity index (χ3n) is 5.42. The SMILES string of the molecule is C[C@H](NC(=O)/C(C#N)=c1\s/c(=C/c2cccc([N+](=O)[O-])c2)c(=O)n1-c1ccccc1)c1ccccc1. The fourth-order valence-corrected chi connectivity index (χ4v) is 4.73. The Balaban J connectivity index is 1.90. The Kier molecular flexibility index (Phi) is 7.18. The second-order valence-electron chi connectivity index (χ2n) is 7.84. The van der Waals surface area contributed by atoms with Gasteiger partial charge in [-0.2, -0.15) is 5.26 Å². The molecule has 1 amide bonds. The van der Waals surface area contributed by atoms with E-state index in [0.29, 0.717) is 11.3 Å². The van der Waals surface area contributed by atoms with Crippen LogP contribution in [0, 0.1) is 21.4 Å². The number of hydrogen-bond donors (Lipinski definition) is 1. The summed E-state index contributed by atoms with van der Waals surface area (Å²) >= 11 is 0.979. The van der Waals surface area contributed by atoms with Gasteiger partial charge in [-0.25, -0.2) is 0 Å². The summed E-state index contributed by atoms with van der Waals surface area (Å²) in [4.78, 5) is 37.3. The molecule has 0 fully saturated rings. The number of nitro groups is 1. The van der Waals surface area contributed by atoms with Crippen molar-refractivity contribution >= 4 is 34.6 Å². The molecular formula is C27H20N4O4S. The third kappa shape index (κ3) is 5.14. The Morgan fingerprint density at radius 2 is 1.75 bits per heavy atom. The molecule has 1 heterocycles. The molecule has 0 radical (unpaired) electrons. The number of nitro benzene ring substituents is 1. The lowest BCUT2D eigenvalue weighted by atomic mass is 10.1. The molecule has 4 aromatic rings. The number of nitrogens with zero attached hydrogens (tertiary/aromatic N) is 3. The van der Waals surface area contributed by atoms with E-state index in [9.17, 15) is 25.0 Å². The number of aromatic nitrogens is 1. The van der Waals surface area contributed by atoms with Crippen LogP contribution in [0.25, 0.3) is 17.3 Å². The van der Waals surface area contributed by atoms with Crippen molar-refractivity contribution in [1.82, 2.24) is 9.88 Å². The number of hydrogen-bond acceptors (Lipinski definition) is 6. The van der Waals surface area contributed by atoms with Crippen molar-refractivity contribution in [2.45, 2.75) is 13.0 Å². The summed E-state index contributed by atoms with van der Waals surface area (Å²) in [5.41, 5.74) is 1.06. The molecule has 0 saturated carbocycles. The van der Waals surface area contributed by atoms with Gasteiger partial charge in [-0.05, 0) is 36.3 Å². The van der Waals surface area contributed by atoms with Crippen LogP contribution in [-0.4, -0.2) is 15.4 Å². The standard InChI is InChI=1S/C27H20N4O4S/c1-18(20-10-4-2-5-11-20)29-25(32)23(17-28)27-30(21-12-6-3-7-13-21)26(33)24(36-27)16-19-9-8-14-22(15-19)31(34)35/h2-16,18H,1H3,(H,29,32)/b24-16+,27-23-/t18-/m0/s1. The Morgan fingerprint density at radius 1 is 1.08 bits per heavy atom. The fraction of sp³-hybridized carbons (Fsp3) is 0.0741. The predicted molar refractivity (Wildman–Crippen MR) is 138 cm³/mol. The summed E-state index contributed by atoms with van der Waals surface area (Å²) < 4.78 is 1.72. The number of para-hydroxylation sites is 1. The molecule has 0 saturated heterocycles. The van der Waals surface area contributed by atoms with Crippen molar-refractivity contribution in [2.75, 3.05) is 0 Å². The normalized spacial score (nSPS) is 12.9. The van der Waals surface area contributed by atoms with Crippen molar-refractivity contribution in [3.63, 3.8) is 0 Å². The molecule has 1 aromatic heterocycles. The summed E-state index contributed by atoms with van der Waals surface area (Å²) in [5, 5.41) is 23.9. The van der Waals surface area contributed by atoms with Gasteiger partial charge < -0.3 is 5.32 Å². The molecule has 36 heavy (non-hydrogen) atoms. The van der Waals surface area contributed by atoms with E-state index < -0.39 is 16.4 Å². The second-order valence-corrected chi connectivity index (χ2v) is 8.87. The zero-order valence-corrected chi connectivity index (χ0v) is 19.9. The van der Waals surface area contributed by atoms with E-state index in [4.69, 9.17) is 0 Å². The van der Waals surface area contributed by atoms with Crippen LogP contribution in [0.2, 0.25) is 0 Å². The van der Waals surface area contributed by atoms with E-state index in [1.165, 1.54) is 28.8 Å². The number of amides is 1. The van der Waals surface area contributed by atoms with Gasteiger partial charge >= 0.3 is 0 Å². The maximum atomic E-state index is 13.5. The highest BCUT2D eigenvalue weighted by atomic mass is 32.1. The van der Waals surface area contributed by atoms with Crippen molar-refractivity contribution in [3.05, 3.63) is 126 Å². The Bertz CT molecular complexity index is 1650. The van der Waals surface area contributed by atoms with Gasteiger partial charge in [-0.3, -0.25) is 24.3 Å². The Hall–Kier alpha value is -4.81. The highest BCUT2D eigenvalue weighted by Gasteiger charge is 2.19. The largest absolute Gasteiger partial charge is 0.345 e. The number of nitriles is 1. The van der Waals surface area contributed by atoms with E-state index in [1.54, 1.807) is 36.4 Å². The summed E-state index contributed by atoms with van der Waals surface area (Å²) in [6.07, 6.45) is 1.52. The molecule has 0 aliphatic heterocycles. The minimum absolute atomic E-state index is 0.109. The Labute approximate surface area is 209 Å². The topological polar surface area (TPSA) is 118 Å². The van der Waals surface area contributed by atoms with Gasteiger partial charge in [0.2, 0.25) is 0 Å². The molecule has 8 nitrogen and oxygen atoms in total. The summed E-state index contributed by atoms with van der Waals surface area (Å²) in [5.74, 6) is -0.610. The lowest BCUT2D eigenvalue weighted by Gasteiger charge is -2.13. The highest BCUT2D eigenvalue weighted by molar-refractivity contribution is 7.07. The first-order valence-electron chi connectivity index (χ1n) is 10.9. The van der Waals surface area contributed by atoms with Crippen LogP contribution in [0.5, 0.6) is 0 Å². The summed E-state index contributed by atoms with van der Waals surface area (Å²) in [6, 6.07) is 25.5. The zero-order valence-electron chi connectivity index (χ0n) is 19.1. The second kappa shape index (κ2) is 10.6. The van der Waals surface area contributed by atoms with E-state index >= 15 is 0 Å². The maximum Gasteiger partial charge on any atom is 0.273 e. The first-order valence-corrected chi connectivity index (χ1v) is 11.7. The molecule has 0 bridgehead atoms. The number of rotatable bonds is 6. The molecule has 1 N–H and O–H groups in total. The van der Waals surface area contributed by atoms with Gasteiger partial charge in [-0.1, -0.05) is 60.7 Å². The van der Waals surface area contributed by atoms with E-state index in [-0.39, 0.29) is 26.5 Å². The molecule has 9 heteroatoms. The van der Waals surface area contributed by atoms with Crippen molar-refractivity contribution in [1.29, 1.82) is 5.26 Å².